The van der Waals surface area contributed by atoms with Crippen LogP contribution in [0, 0.1) is 13.8 Å². The molecular weight excluding hydrogens is 667 g/mol. The summed E-state index contributed by atoms with van der Waals surface area (Å²) < 4.78 is 8.58. The van der Waals surface area contributed by atoms with Crippen LogP contribution in [0.2, 0.25) is 0 Å². The number of fused-ring (bicyclic) bond motifs is 4. The van der Waals surface area contributed by atoms with Crippen molar-refractivity contribution in [2.45, 2.75) is 13.8 Å². The Hall–Kier alpha value is -6.87. The molecule has 0 saturated carbocycles. The maximum atomic E-state index is 5.11. The monoisotopic (exact) mass is 703 g/mol. The average Bonchev–Trinajstić information content (AvgIpc) is 3.91. The predicted molar refractivity (Wildman–Crippen MR) is 218 cm³/mol. The van der Waals surface area contributed by atoms with Crippen molar-refractivity contribution in [2.75, 3.05) is 0 Å². The Morgan fingerprint density at radius 2 is 0.815 bits per heavy atom. The molecule has 0 radical (unpaired) electrons. The molecule has 54 heavy (non-hydrogen) atoms. The second kappa shape index (κ2) is 11.8. The smallest absolute Gasteiger partial charge is 0.159 e. The molecule has 5 aromatic carbocycles. The molecule has 0 aliphatic heterocycles. The zero-order valence-electron chi connectivity index (χ0n) is 31.0. The van der Waals surface area contributed by atoms with Gasteiger partial charge in [0.1, 0.15) is 23.2 Å². The molecule has 262 valence electrons. The van der Waals surface area contributed by atoms with Crippen molar-refractivity contribution in [1.82, 2.24) is 43.2 Å². The van der Waals surface area contributed by atoms with Gasteiger partial charge in [0.25, 0.3) is 0 Å². The number of pyridine rings is 1. The first-order valence-corrected chi connectivity index (χ1v) is 18.1. The molecule has 0 bridgehead atoms. The number of hydrogen-bond acceptors (Lipinski definition) is 5. The number of hydrogen-bond donors (Lipinski definition) is 0. The van der Waals surface area contributed by atoms with Gasteiger partial charge in [-0.15, -0.1) is 0 Å². The topological polar surface area (TPSA) is 84.2 Å². The summed E-state index contributed by atoms with van der Waals surface area (Å²) in [5.41, 5.74) is 16.8. The lowest BCUT2D eigenvalue weighted by Gasteiger charge is -2.07. The highest BCUT2D eigenvalue weighted by molar-refractivity contribution is 5.91. The number of imidazole rings is 4. The first-order chi connectivity index (χ1) is 26.2. The molecular formula is C45H37N9. The van der Waals surface area contributed by atoms with E-state index in [9.17, 15) is 0 Å². The van der Waals surface area contributed by atoms with Crippen molar-refractivity contribution < 1.29 is 0 Å². The molecule has 0 fully saturated rings. The van der Waals surface area contributed by atoms with Gasteiger partial charge < -0.3 is 18.3 Å². The van der Waals surface area contributed by atoms with E-state index in [1.165, 1.54) is 0 Å². The van der Waals surface area contributed by atoms with Gasteiger partial charge in [-0.2, -0.15) is 0 Å². The van der Waals surface area contributed by atoms with Gasteiger partial charge in [-0.25, -0.2) is 19.9 Å². The van der Waals surface area contributed by atoms with Gasteiger partial charge in [0.05, 0.1) is 44.1 Å². The molecule has 0 unspecified atom stereocenters. The Morgan fingerprint density at radius 1 is 0.370 bits per heavy atom. The molecule has 0 atom stereocenters. The van der Waals surface area contributed by atoms with E-state index in [1.807, 2.05) is 33.2 Å². The van der Waals surface area contributed by atoms with E-state index in [4.69, 9.17) is 15.0 Å². The Balaban J connectivity index is 0.944. The maximum absolute atomic E-state index is 5.11. The summed E-state index contributed by atoms with van der Waals surface area (Å²) in [5.74, 6) is 3.70. The largest absolute Gasteiger partial charge is 0.331 e. The SMILES string of the molecule is Cc1ccc(-c2nc3cc(-c4ccc5nc(-c6ccc(-c7nc8cc(-c9ccc%10nc(C)n(C)c%10c9)ccc8n7C)cc6)n(C)c5c4)ccc3n2C)nc1. The van der Waals surface area contributed by atoms with Gasteiger partial charge in [-0.05, 0) is 96.3 Å². The fourth-order valence-electron chi connectivity index (χ4n) is 7.73. The maximum Gasteiger partial charge on any atom is 0.159 e. The lowest BCUT2D eigenvalue weighted by molar-refractivity contribution is 0.886. The third-order valence-electron chi connectivity index (χ3n) is 11.0. The molecule has 0 N–H and O–H groups in total. The van der Waals surface area contributed by atoms with E-state index in [2.05, 4.69) is 153 Å². The summed E-state index contributed by atoms with van der Waals surface area (Å²) in [5, 5.41) is 0. The van der Waals surface area contributed by atoms with Crippen molar-refractivity contribution in [1.29, 1.82) is 0 Å². The predicted octanol–water partition coefficient (Wildman–Crippen LogP) is 9.58. The van der Waals surface area contributed by atoms with Gasteiger partial charge in [0, 0.05) is 45.5 Å². The summed E-state index contributed by atoms with van der Waals surface area (Å²) >= 11 is 0. The summed E-state index contributed by atoms with van der Waals surface area (Å²) in [4.78, 5) is 24.4. The first-order valence-electron chi connectivity index (χ1n) is 18.1. The van der Waals surface area contributed by atoms with Crippen LogP contribution in [0.15, 0.2) is 115 Å². The molecule has 9 heteroatoms. The van der Waals surface area contributed by atoms with Crippen LogP contribution in [0.4, 0.5) is 0 Å². The summed E-state index contributed by atoms with van der Waals surface area (Å²) in [6.07, 6.45) is 1.88. The Morgan fingerprint density at radius 3 is 1.39 bits per heavy atom. The molecule has 9 nitrogen and oxygen atoms in total. The number of rotatable bonds is 5. The van der Waals surface area contributed by atoms with Gasteiger partial charge in [-0.1, -0.05) is 54.6 Å². The van der Waals surface area contributed by atoms with E-state index in [1.54, 1.807) is 0 Å². The van der Waals surface area contributed by atoms with Crippen LogP contribution in [0.1, 0.15) is 11.4 Å². The normalized spacial score (nSPS) is 11.9. The standard InChI is InChI=1S/C45H37N9/c1-26-7-16-36(46-25-26)45-50-38-22-31(15-20-40(38)53(45)5)33-13-18-35-42(24-33)54(6)43(48-35)28-8-10-29(11-9-28)44-49-37-21-30(14-19-39(37)52(44)4)32-12-17-34-41(23-32)51(3)27(2)47-34/h7-25H,1-6H3. The van der Waals surface area contributed by atoms with Crippen LogP contribution in [-0.4, -0.2) is 43.2 Å². The summed E-state index contributed by atoms with van der Waals surface area (Å²) in [6, 6.07) is 38.6. The Labute approximate surface area is 311 Å². The number of nitrogens with zero attached hydrogens (tertiary/aromatic N) is 9. The molecule has 0 saturated heterocycles. The van der Waals surface area contributed by atoms with Gasteiger partial charge in [0.2, 0.25) is 0 Å². The molecule has 10 aromatic rings. The summed E-state index contributed by atoms with van der Waals surface area (Å²) in [7, 11) is 8.27. The zero-order chi connectivity index (χ0) is 36.8. The van der Waals surface area contributed by atoms with E-state index >= 15 is 0 Å². The van der Waals surface area contributed by atoms with Crippen LogP contribution in [-0.2, 0) is 28.2 Å². The minimum atomic E-state index is 0.857. The highest BCUT2D eigenvalue weighted by atomic mass is 15.1. The lowest BCUT2D eigenvalue weighted by atomic mass is 10.0. The Kier molecular flexibility index (Phi) is 6.97. The van der Waals surface area contributed by atoms with Gasteiger partial charge in [0.15, 0.2) is 5.82 Å². The second-order valence-electron chi connectivity index (χ2n) is 14.3. The third kappa shape index (κ3) is 4.96. The van der Waals surface area contributed by atoms with Crippen molar-refractivity contribution >= 4 is 44.1 Å². The van der Waals surface area contributed by atoms with Crippen LogP contribution in [0.5, 0.6) is 0 Å². The summed E-state index contributed by atoms with van der Waals surface area (Å²) in [6.45, 7) is 4.08. The van der Waals surface area contributed by atoms with Crippen LogP contribution >= 0.6 is 0 Å². The first kappa shape index (κ1) is 31.8. The fraction of sp³-hybridized carbons (Fsp3) is 0.133. The van der Waals surface area contributed by atoms with E-state index < -0.39 is 0 Å². The third-order valence-corrected chi connectivity index (χ3v) is 11.0. The van der Waals surface area contributed by atoms with Crippen molar-refractivity contribution in [2.24, 2.45) is 28.2 Å². The van der Waals surface area contributed by atoms with E-state index in [0.29, 0.717) is 0 Å². The lowest BCUT2D eigenvalue weighted by Crippen LogP contribution is -1.94. The quantitative estimate of drug-likeness (QED) is 0.178. The fourth-order valence-corrected chi connectivity index (χ4v) is 7.73. The molecule has 0 amide bonds. The molecule has 5 heterocycles. The zero-order valence-corrected chi connectivity index (χ0v) is 31.0. The second-order valence-corrected chi connectivity index (χ2v) is 14.3. The Bertz CT molecular complexity index is 3100. The average molecular weight is 704 g/mol. The van der Waals surface area contributed by atoms with Crippen LogP contribution in [0.3, 0.4) is 0 Å². The molecule has 10 rings (SSSR count). The minimum Gasteiger partial charge on any atom is -0.331 e. The molecule has 0 spiro atoms. The molecule has 5 aromatic heterocycles. The number of benzene rings is 5. The van der Waals surface area contributed by atoms with Crippen LogP contribution < -0.4 is 0 Å². The minimum absolute atomic E-state index is 0.857. The van der Waals surface area contributed by atoms with Gasteiger partial charge in [-0.3, -0.25) is 4.98 Å². The van der Waals surface area contributed by atoms with Gasteiger partial charge >= 0.3 is 0 Å². The van der Waals surface area contributed by atoms with Crippen molar-refractivity contribution in [3.8, 4) is 56.5 Å². The highest BCUT2D eigenvalue weighted by Gasteiger charge is 2.16. The van der Waals surface area contributed by atoms with Crippen LogP contribution in [0.25, 0.3) is 101 Å². The molecule has 0 aliphatic rings. The van der Waals surface area contributed by atoms with Crippen molar-refractivity contribution in [3.05, 3.63) is 127 Å². The van der Waals surface area contributed by atoms with E-state index in [-0.39, 0.29) is 0 Å². The number of aromatic nitrogens is 9. The van der Waals surface area contributed by atoms with E-state index in [0.717, 1.165) is 112 Å². The van der Waals surface area contributed by atoms with Crippen molar-refractivity contribution in [3.63, 3.8) is 0 Å². The molecule has 0 aliphatic carbocycles. The number of aryl methyl sites for hydroxylation is 6. The highest BCUT2D eigenvalue weighted by Crippen LogP contribution is 2.34.